The Bertz CT molecular complexity index is 743. The van der Waals surface area contributed by atoms with E-state index in [1.165, 1.54) is 19.3 Å². The summed E-state index contributed by atoms with van der Waals surface area (Å²) in [5, 5.41) is 20.1. The molecule has 2 N–H and O–H groups in total. The first-order chi connectivity index (χ1) is 10.4. The Kier molecular flexibility index (Phi) is 3.03. The van der Waals surface area contributed by atoms with Crippen molar-refractivity contribution in [2.45, 2.75) is 19.3 Å². The summed E-state index contributed by atoms with van der Waals surface area (Å²) < 4.78 is 0. The first-order valence-electron chi connectivity index (χ1n) is 7.39. The fourth-order valence-electron chi connectivity index (χ4n) is 2.62. The Balaban J connectivity index is 1.51. The van der Waals surface area contributed by atoms with E-state index in [0.717, 1.165) is 40.4 Å². The maximum Gasteiger partial charge on any atom is 0.148 e. The average Bonchev–Trinajstić information content (AvgIpc) is 2.94. The molecule has 0 saturated heterocycles. The van der Waals surface area contributed by atoms with Crippen LogP contribution in [0.3, 0.4) is 0 Å². The zero-order valence-electron chi connectivity index (χ0n) is 11.7. The monoisotopic (exact) mass is 279 g/mol. The van der Waals surface area contributed by atoms with Crippen molar-refractivity contribution in [1.29, 1.82) is 0 Å². The number of H-pyrrole nitrogens is 1. The summed E-state index contributed by atoms with van der Waals surface area (Å²) in [6, 6.07) is 10.1. The quantitative estimate of drug-likeness (QED) is 0.769. The molecule has 0 spiro atoms. The van der Waals surface area contributed by atoms with Gasteiger partial charge in [-0.3, -0.25) is 5.10 Å². The number of hydrogen-bond acceptors (Lipinski definition) is 4. The van der Waals surface area contributed by atoms with Crippen molar-refractivity contribution in [1.82, 2.24) is 20.4 Å². The van der Waals surface area contributed by atoms with Crippen molar-refractivity contribution >= 4 is 16.7 Å². The van der Waals surface area contributed by atoms with Gasteiger partial charge in [0.25, 0.3) is 0 Å². The SMILES string of the molecule is c1cc2cn[nH]c2cc1-c1ccc(NCC2CCC2)nn1. The minimum absolute atomic E-state index is 0.814. The summed E-state index contributed by atoms with van der Waals surface area (Å²) in [4.78, 5) is 0. The van der Waals surface area contributed by atoms with Crippen LogP contribution in [0.25, 0.3) is 22.2 Å². The third-order valence-corrected chi connectivity index (χ3v) is 4.20. The molecule has 0 aliphatic heterocycles. The zero-order valence-corrected chi connectivity index (χ0v) is 11.7. The Morgan fingerprint density at radius 3 is 2.86 bits per heavy atom. The largest absolute Gasteiger partial charge is 0.368 e. The van der Waals surface area contributed by atoms with E-state index in [2.05, 4.69) is 25.7 Å². The third-order valence-electron chi connectivity index (χ3n) is 4.20. The Morgan fingerprint density at radius 1 is 1.14 bits per heavy atom. The number of anilines is 1. The number of nitrogens with zero attached hydrogens (tertiary/aromatic N) is 3. The molecular weight excluding hydrogens is 262 g/mol. The Labute approximate surface area is 122 Å². The van der Waals surface area contributed by atoms with Gasteiger partial charge in [-0.2, -0.15) is 5.10 Å². The van der Waals surface area contributed by atoms with Crippen LogP contribution in [-0.2, 0) is 0 Å². The molecular formula is C16H17N5. The van der Waals surface area contributed by atoms with Gasteiger partial charge >= 0.3 is 0 Å². The molecule has 1 aromatic carbocycles. The van der Waals surface area contributed by atoms with E-state index in [1.807, 2.05) is 36.5 Å². The van der Waals surface area contributed by atoms with Gasteiger partial charge in [-0.15, -0.1) is 10.2 Å². The molecule has 0 unspecified atom stereocenters. The van der Waals surface area contributed by atoms with E-state index in [0.29, 0.717) is 0 Å². The standard InChI is InChI=1S/C16H17N5/c1-2-11(3-1)9-17-16-7-6-14(20-21-16)12-4-5-13-10-18-19-15(13)8-12/h4-8,10-11H,1-3,9H2,(H,17,21)(H,18,19). The minimum Gasteiger partial charge on any atom is -0.368 e. The molecule has 4 rings (SSSR count). The summed E-state index contributed by atoms with van der Waals surface area (Å²) in [5.41, 5.74) is 2.94. The molecule has 0 bridgehead atoms. The predicted octanol–water partition coefficient (Wildman–Crippen LogP) is 3.23. The average molecular weight is 279 g/mol. The number of aromatic nitrogens is 4. The van der Waals surface area contributed by atoms with Crippen LogP contribution in [0.2, 0.25) is 0 Å². The van der Waals surface area contributed by atoms with Crippen LogP contribution in [0.15, 0.2) is 36.5 Å². The maximum atomic E-state index is 4.32. The third kappa shape index (κ3) is 2.46. The van der Waals surface area contributed by atoms with Gasteiger partial charge in [-0.05, 0) is 37.0 Å². The zero-order chi connectivity index (χ0) is 14.1. The second kappa shape index (κ2) is 5.16. The molecule has 2 heterocycles. The summed E-state index contributed by atoms with van der Waals surface area (Å²) in [5.74, 6) is 1.67. The normalized spacial score (nSPS) is 15.0. The molecule has 1 fully saturated rings. The first-order valence-corrected chi connectivity index (χ1v) is 7.39. The lowest BCUT2D eigenvalue weighted by Crippen LogP contribution is -2.21. The van der Waals surface area contributed by atoms with Crippen molar-refractivity contribution in [3.05, 3.63) is 36.5 Å². The molecule has 1 aliphatic rings. The van der Waals surface area contributed by atoms with Gasteiger partial charge in [-0.25, -0.2) is 0 Å². The van der Waals surface area contributed by atoms with E-state index in [-0.39, 0.29) is 0 Å². The summed E-state index contributed by atoms with van der Waals surface area (Å²) >= 11 is 0. The number of hydrogen-bond donors (Lipinski definition) is 2. The Morgan fingerprint density at radius 2 is 2.10 bits per heavy atom. The van der Waals surface area contributed by atoms with E-state index in [4.69, 9.17) is 0 Å². The highest BCUT2D eigenvalue weighted by Gasteiger charge is 2.16. The van der Waals surface area contributed by atoms with Gasteiger partial charge in [0.2, 0.25) is 0 Å². The number of fused-ring (bicyclic) bond motifs is 1. The fourth-order valence-corrected chi connectivity index (χ4v) is 2.62. The molecule has 106 valence electrons. The molecule has 3 aromatic rings. The molecule has 0 atom stereocenters. The lowest BCUT2D eigenvalue weighted by atomic mass is 9.85. The first kappa shape index (κ1) is 12.3. The second-order valence-corrected chi connectivity index (χ2v) is 5.65. The molecule has 1 aliphatic carbocycles. The molecule has 1 saturated carbocycles. The molecule has 0 amide bonds. The van der Waals surface area contributed by atoms with E-state index < -0.39 is 0 Å². The molecule has 21 heavy (non-hydrogen) atoms. The van der Waals surface area contributed by atoms with Gasteiger partial charge in [0.05, 0.1) is 17.4 Å². The number of aromatic amines is 1. The smallest absolute Gasteiger partial charge is 0.148 e. The van der Waals surface area contributed by atoms with Crippen LogP contribution >= 0.6 is 0 Å². The fraction of sp³-hybridized carbons (Fsp3) is 0.312. The van der Waals surface area contributed by atoms with Crippen LogP contribution in [0.5, 0.6) is 0 Å². The summed E-state index contributed by atoms with van der Waals surface area (Å²) in [7, 11) is 0. The van der Waals surface area contributed by atoms with Crippen LogP contribution < -0.4 is 5.32 Å². The van der Waals surface area contributed by atoms with Crippen LogP contribution in [0.4, 0.5) is 5.82 Å². The highest BCUT2D eigenvalue weighted by molar-refractivity contribution is 5.83. The maximum absolute atomic E-state index is 4.32. The van der Waals surface area contributed by atoms with Crippen molar-refractivity contribution in [3.63, 3.8) is 0 Å². The highest BCUT2D eigenvalue weighted by atomic mass is 15.2. The van der Waals surface area contributed by atoms with Gasteiger partial charge in [0.1, 0.15) is 5.82 Å². The van der Waals surface area contributed by atoms with Crippen LogP contribution in [0, 0.1) is 5.92 Å². The van der Waals surface area contributed by atoms with E-state index >= 15 is 0 Å². The van der Waals surface area contributed by atoms with Crippen molar-refractivity contribution in [3.8, 4) is 11.3 Å². The molecule has 2 aromatic heterocycles. The minimum atomic E-state index is 0.814. The van der Waals surface area contributed by atoms with E-state index in [1.54, 1.807) is 0 Å². The summed E-state index contributed by atoms with van der Waals surface area (Å²) in [6.45, 7) is 1.01. The van der Waals surface area contributed by atoms with Crippen LogP contribution in [0.1, 0.15) is 19.3 Å². The van der Waals surface area contributed by atoms with Gasteiger partial charge in [-0.1, -0.05) is 18.6 Å². The number of nitrogens with one attached hydrogen (secondary N) is 2. The van der Waals surface area contributed by atoms with Crippen molar-refractivity contribution in [2.75, 3.05) is 11.9 Å². The molecule has 5 heteroatoms. The topological polar surface area (TPSA) is 66.5 Å². The van der Waals surface area contributed by atoms with Gasteiger partial charge in [0, 0.05) is 17.5 Å². The molecule has 5 nitrogen and oxygen atoms in total. The van der Waals surface area contributed by atoms with Gasteiger partial charge in [0.15, 0.2) is 0 Å². The van der Waals surface area contributed by atoms with Crippen molar-refractivity contribution in [2.24, 2.45) is 5.92 Å². The van der Waals surface area contributed by atoms with Crippen molar-refractivity contribution < 1.29 is 0 Å². The lowest BCUT2D eigenvalue weighted by molar-refractivity contribution is 0.333. The summed E-state index contributed by atoms with van der Waals surface area (Å²) in [6.07, 6.45) is 5.86. The van der Waals surface area contributed by atoms with Crippen LogP contribution in [-0.4, -0.2) is 26.9 Å². The highest BCUT2D eigenvalue weighted by Crippen LogP contribution is 2.26. The Hall–Kier alpha value is -2.43. The number of rotatable bonds is 4. The molecule has 0 radical (unpaired) electrons. The predicted molar refractivity (Wildman–Crippen MR) is 83.0 cm³/mol. The van der Waals surface area contributed by atoms with E-state index in [9.17, 15) is 0 Å². The lowest BCUT2D eigenvalue weighted by Gasteiger charge is -2.25. The van der Waals surface area contributed by atoms with Gasteiger partial charge < -0.3 is 5.32 Å². The number of benzene rings is 1. The second-order valence-electron chi connectivity index (χ2n) is 5.65.